The number of thiazole rings is 1. The zero-order chi connectivity index (χ0) is 12.3. The highest BCUT2D eigenvalue weighted by atomic mass is 32.1. The van der Waals surface area contributed by atoms with Gasteiger partial charge >= 0.3 is 5.97 Å². The lowest BCUT2D eigenvalue weighted by molar-refractivity contribution is 0.0336. The van der Waals surface area contributed by atoms with Crippen LogP contribution in [0.2, 0.25) is 0 Å². The van der Waals surface area contributed by atoms with E-state index in [0.717, 1.165) is 10.7 Å². The van der Waals surface area contributed by atoms with Gasteiger partial charge in [0, 0.05) is 23.5 Å². The predicted octanol–water partition coefficient (Wildman–Crippen LogP) is 2.76. The monoisotopic (exact) mass is 248 g/mol. The molecule has 0 bridgehead atoms. The average molecular weight is 248 g/mol. The number of aromatic nitrogens is 2. The fourth-order valence-corrected chi connectivity index (χ4v) is 2.10. The van der Waals surface area contributed by atoms with Crippen LogP contribution in [0.5, 0.6) is 0 Å². The van der Waals surface area contributed by atoms with E-state index in [1.807, 2.05) is 19.2 Å². The highest BCUT2D eigenvalue weighted by Crippen LogP contribution is 2.21. The van der Waals surface area contributed by atoms with E-state index >= 15 is 0 Å². The molecular formula is C12H12N2O2S. The first kappa shape index (κ1) is 11.7. The highest BCUT2D eigenvalue weighted by Gasteiger charge is 2.16. The van der Waals surface area contributed by atoms with Crippen LogP contribution in [0.1, 0.15) is 34.1 Å². The van der Waals surface area contributed by atoms with Gasteiger partial charge in [0.15, 0.2) is 6.10 Å². The summed E-state index contributed by atoms with van der Waals surface area (Å²) in [4.78, 5) is 19.9. The summed E-state index contributed by atoms with van der Waals surface area (Å²) in [6.45, 7) is 3.72. The second-order valence-corrected chi connectivity index (χ2v) is 4.51. The highest BCUT2D eigenvalue weighted by molar-refractivity contribution is 7.09. The van der Waals surface area contributed by atoms with Crippen molar-refractivity contribution in [2.24, 2.45) is 0 Å². The number of carbonyl (C=O) groups is 1. The number of pyridine rings is 1. The molecule has 0 amide bonds. The minimum atomic E-state index is -0.376. The SMILES string of the molecule is Cc1csc(C(C)OC(=O)c2cccnc2)n1. The van der Waals surface area contributed by atoms with Crippen LogP contribution in [-0.2, 0) is 4.74 Å². The third-order valence-electron chi connectivity index (χ3n) is 2.17. The summed E-state index contributed by atoms with van der Waals surface area (Å²) < 4.78 is 5.30. The van der Waals surface area contributed by atoms with Gasteiger partial charge in [-0.3, -0.25) is 4.98 Å². The lowest BCUT2D eigenvalue weighted by Crippen LogP contribution is -2.09. The molecule has 2 heterocycles. The third kappa shape index (κ3) is 2.88. The van der Waals surface area contributed by atoms with Crippen molar-refractivity contribution >= 4 is 17.3 Å². The molecule has 0 saturated carbocycles. The molecule has 2 aromatic rings. The van der Waals surface area contributed by atoms with E-state index in [1.165, 1.54) is 17.5 Å². The summed E-state index contributed by atoms with van der Waals surface area (Å²) in [6, 6.07) is 3.38. The van der Waals surface area contributed by atoms with Crippen LogP contribution in [0.25, 0.3) is 0 Å². The summed E-state index contributed by atoms with van der Waals surface area (Å²) in [5, 5.41) is 2.74. The maximum Gasteiger partial charge on any atom is 0.340 e. The predicted molar refractivity (Wildman–Crippen MR) is 64.9 cm³/mol. The van der Waals surface area contributed by atoms with Crippen molar-refractivity contribution < 1.29 is 9.53 Å². The van der Waals surface area contributed by atoms with Gasteiger partial charge in [0.1, 0.15) is 5.01 Å². The van der Waals surface area contributed by atoms with Crippen molar-refractivity contribution in [3.8, 4) is 0 Å². The van der Waals surface area contributed by atoms with Crippen LogP contribution in [0, 0.1) is 6.92 Å². The number of hydrogen-bond acceptors (Lipinski definition) is 5. The van der Waals surface area contributed by atoms with Gasteiger partial charge in [0.05, 0.1) is 5.56 Å². The largest absolute Gasteiger partial charge is 0.452 e. The fourth-order valence-electron chi connectivity index (χ4n) is 1.32. The number of hydrogen-bond donors (Lipinski definition) is 0. The Morgan fingerprint density at radius 2 is 2.35 bits per heavy atom. The first-order valence-corrected chi connectivity index (χ1v) is 6.08. The molecule has 5 heteroatoms. The van der Waals surface area contributed by atoms with Crippen molar-refractivity contribution in [1.82, 2.24) is 9.97 Å². The average Bonchev–Trinajstić information content (AvgIpc) is 2.77. The fraction of sp³-hybridized carbons (Fsp3) is 0.250. The van der Waals surface area contributed by atoms with Gasteiger partial charge < -0.3 is 4.74 Å². The van der Waals surface area contributed by atoms with E-state index in [2.05, 4.69) is 9.97 Å². The van der Waals surface area contributed by atoms with Crippen LogP contribution < -0.4 is 0 Å². The van der Waals surface area contributed by atoms with Crippen LogP contribution in [-0.4, -0.2) is 15.9 Å². The van der Waals surface area contributed by atoms with Crippen molar-refractivity contribution in [3.05, 3.63) is 46.2 Å². The van der Waals surface area contributed by atoms with E-state index in [0.29, 0.717) is 5.56 Å². The van der Waals surface area contributed by atoms with E-state index in [-0.39, 0.29) is 12.1 Å². The molecule has 0 spiro atoms. The molecule has 0 aliphatic carbocycles. The topological polar surface area (TPSA) is 52.1 Å². The van der Waals surface area contributed by atoms with E-state index in [4.69, 9.17) is 4.74 Å². The maximum atomic E-state index is 11.7. The smallest absolute Gasteiger partial charge is 0.340 e. The lowest BCUT2D eigenvalue weighted by Gasteiger charge is -2.10. The molecule has 2 rings (SSSR count). The van der Waals surface area contributed by atoms with Gasteiger partial charge in [-0.15, -0.1) is 11.3 Å². The Bertz CT molecular complexity index is 510. The summed E-state index contributed by atoms with van der Waals surface area (Å²) >= 11 is 1.49. The molecule has 17 heavy (non-hydrogen) atoms. The lowest BCUT2D eigenvalue weighted by atomic mass is 10.3. The van der Waals surface area contributed by atoms with Crippen molar-refractivity contribution in [1.29, 1.82) is 0 Å². The summed E-state index contributed by atoms with van der Waals surface area (Å²) in [6.07, 6.45) is 2.77. The Morgan fingerprint density at radius 3 is 2.94 bits per heavy atom. The van der Waals surface area contributed by atoms with E-state index < -0.39 is 0 Å². The van der Waals surface area contributed by atoms with Crippen molar-refractivity contribution in [2.45, 2.75) is 20.0 Å². The quantitative estimate of drug-likeness (QED) is 0.784. The molecule has 0 saturated heterocycles. The molecule has 4 nitrogen and oxygen atoms in total. The minimum Gasteiger partial charge on any atom is -0.452 e. The molecule has 1 unspecified atom stereocenters. The molecule has 0 fully saturated rings. The zero-order valence-electron chi connectivity index (χ0n) is 9.58. The van der Waals surface area contributed by atoms with Crippen LogP contribution in [0.3, 0.4) is 0 Å². The molecule has 0 aliphatic heterocycles. The second kappa shape index (κ2) is 5.05. The molecule has 0 aliphatic rings. The van der Waals surface area contributed by atoms with Crippen molar-refractivity contribution in [3.63, 3.8) is 0 Å². The standard InChI is InChI=1S/C12H12N2O2S/c1-8-7-17-11(14-8)9(2)16-12(15)10-4-3-5-13-6-10/h3-7,9H,1-2H3. The van der Waals surface area contributed by atoms with Gasteiger partial charge in [-0.1, -0.05) is 0 Å². The number of rotatable bonds is 3. The number of nitrogens with zero attached hydrogens (tertiary/aromatic N) is 2. The Labute approximate surface area is 103 Å². The van der Waals surface area contributed by atoms with Gasteiger partial charge in [0.25, 0.3) is 0 Å². The second-order valence-electron chi connectivity index (χ2n) is 3.62. The van der Waals surface area contributed by atoms with Gasteiger partial charge in [-0.05, 0) is 26.0 Å². The molecular weight excluding hydrogens is 236 g/mol. The number of ether oxygens (including phenoxy) is 1. The van der Waals surface area contributed by atoms with Crippen LogP contribution in [0.15, 0.2) is 29.9 Å². The zero-order valence-corrected chi connectivity index (χ0v) is 10.4. The summed E-state index contributed by atoms with van der Waals surface area (Å²) in [5.74, 6) is -0.376. The molecule has 2 aromatic heterocycles. The van der Waals surface area contributed by atoms with Crippen molar-refractivity contribution in [2.75, 3.05) is 0 Å². The molecule has 0 aromatic carbocycles. The molecule has 0 radical (unpaired) electrons. The summed E-state index contributed by atoms with van der Waals surface area (Å²) in [5.41, 5.74) is 1.39. The first-order valence-electron chi connectivity index (χ1n) is 5.20. The first-order chi connectivity index (χ1) is 8.16. The van der Waals surface area contributed by atoms with E-state index in [9.17, 15) is 4.79 Å². The van der Waals surface area contributed by atoms with Gasteiger partial charge in [-0.2, -0.15) is 0 Å². The molecule has 1 atom stereocenters. The Kier molecular flexibility index (Phi) is 3.49. The number of esters is 1. The van der Waals surface area contributed by atoms with E-state index in [1.54, 1.807) is 18.3 Å². The molecule has 0 N–H and O–H groups in total. The number of carbonyl (C=O) groups excluding carboxylic acids is 1. The van der Waals surface area contributed by atoms with Gasteiger partial charge in [0.2, 0.25) is 0 Å². The number of aryl methyl sites for hydroxylation is 1. The Morgan fingerprint density at radius 1 is 1.53 bits per heavy atom. The normalized spacial score (nSPS) is 12.1. The van der Waals surface area contributed by atoms with Crippen LogP contribution >= 0.6 is 11.3 Å². The third-order valence-corrected chi connectivity index (χ3v) is 3.29. The summed E-state index contributed by atoms with van der Waals surface area (Å²) in [7, 11) is 0. The Balaban J connectivity index is 2.04. The van der Waals surface area contributed by atoms with Crippen LogP contribution in [0.4, 0.5) is 0 Å². The molecule has 88 valence electrons. The maximum absolute atomic E-state index is 11.7. The van der Waals surface area contributed by atoms with Gasteiger partial charge in [-0.25, -0.2) is 9.78 Å². The Hall–Kier alpha value is -1.75. The minimum absolute atomic E-state index is 0.332.